The van der Waals surface area contributed by atoms with Crippen molar-refractivity contribution in [1.82, 2.24) is 0 Å². The first-order valence-electron chi connectivity index (χ1n) is 4.95. The molecule has 0 aliphatic heterocycles. The van der Waals surface area contributed by atoms with Crippen molar-refractivity contribution < 1.29 is 9.50 Å². The Bertz CT molecular complexity index is 362. The van der Waals surface area contributed by atoms with Crippen molar-refractivity contribution in [3.8, 4) is 0 Å². The average molecular weight is 305 g/mol. The summed E-state index contributed by atoms with van der Waals surface area (Å²) < 4.78 is 13.7. The van der Waals surface area contributed by atoms with Crippen molar-refractivity contribution in [1.29, 1.82) is 0 Å². The Morgan fingerprint density at radius 3 is 2.56 bits per heavy atom. The maximum atomic E-state index is 12.7. The molecule has 0 aliphatic rings. The lowest BCUT2D eigenvalue weighted by Crippen LogP contribution is -1.91. The molecule has 0 heterocycles. The van der Waals surface area contributed by atoms with Crippen molar-refractivity contribution in [3.05, 3.63) is 41.2 Å². The third kappa shape index (κ3) is 4.28. The minimum Gasteiger partial charge on any atom is -0.396 e. The van der Waals surface area contributed by atoms with E-state index in [1.807, 2.05) is 6.92 Å². The Morgan fingerprint density at radius 1 is 1.38 bits per heavy atom. The highest BCUT2D eigenvalue weighted by atomic mass is 79.9. The zero-order valence-electron chi connectivity index (χ0n) is 9.04. The molecule has 0 atom stereocenters. The van der Waals surface area contributed by atoms with Crippen LogP contribution >= 0.6 is 27.7 Å². The Labute approximate surface area is 108 Å². The van der Waals surface area contributed by atoms with Gasteiger partial charge in [-0.3, -0.25) is 0 Å². The molecule has 4 heteroatoms. The largest absolute Gasteiger partial charge is 0.396 e. The van der Waals surface area contributed by atoms with Crippen LogP contribution in [0.15, 0.2) is 29.8 Å². The van der Waals surface area contributed by atoms with Gasteiger partial charge in [-0.1, -0.05) is 28.1 Å². The first-order chi connectivity index (χ1) is 7.65. The monoisotopic (exact) mass is 304 g/mol. The van der Waals surface area contributed by atoms with Gasteiger partial charge < -0.3 is 5.11 Å². The number of hydrogen-bond acceptors (Lipinski definition) is 2. The van der Waals surface area contributed by atoms with Gasteiger partial charge >= 0.3 is 0 Å². The maximum Gasteiger partial charge on any atom is 0.123 e. The highest BCUT2D eigenvalue weighted by Gasteiger charge is 2.03. The molecule has 0 spiro atoms. The Hall–Kier alpha value is -0.320. The Morgan fingerprint density at radius 2 is 2.00 bits per heavy atom. The van der Waals surface area contributed by atoms with Gasteiger partial charge in [0.1, 0.15) is 5.82 Å². The van der Waals surface area contributed by atoms with E-state index >= 15 is 0 Å². The summed E-state index contributed by atoms with van der Waals surface area (Å²) in [4.78, 5) is 0. The van der Waals surface area contributed by atoms with Crippen LogP contribution in [0.4, 0.5) is 4.39 Å². The summed E-state index contributed by atoms with van der Waals surface area (Å²) in [5, 5.41) is 8.68. The molecule has 16 heavy (non-hydrogen) atoms. The molecule has 88 valence electrons. The van der Waals surface area contributed by atoms with Crippen LogP contribution in [0.1, 0.15) is 12.5 Å². The number of aliphatic hydroxyl groups excluding tert-OH is 1. The fraction of sp³-hybridized carbons (Fsp3) is 0.333. The van der Waals surface area contributed by atoms with E-state index in [4.69, 9.17) is 5.11 Å². The summed E-state index contributed by atoms with van der Waals surface area (Å²) in [6, 6.07) is 6.40. The molecule has 0 unspecified atom stereocenters. The predicted octanol–water partition coefficient (Wildman–Crippen LogP) is 3.68. The van der Waals surface area contributed by atoms with Gasteiger partial charge in [-0.2, -0.15) is 11.8 Å². The number of aliphatic hydroxyl groups is 1. The Kier molecular flexibility index (Phi) is 6.09. The van der Waals surface area contributed by atoms with Crippen molar-refractivity contribution >= 4 is 32.2 Å². The molecular weight excluding hydrogens is 291 g/mol. The fourth-order valence-corrected chi connectivity index (χ4v) is 2.51. The van der Waals surface area contributed by atoms with E-state index in [1.165, 1.54) is 17.7 Å². The Balaban J connectivity index is 2.70. The molecule has 1 nitrogen and oxygen atoms in total. The van der Waals surface area contributed by atoms with E-state index in [9.17, 15) is 4.39 Å². The fourth-order valence-electron chi connectivity index (χ4n) is 1.20. The maximum absolute atomic E-state index is 12.7. The number of rotatable bonds is 5. The first-order valence-corrected chi connectivity index (χ1v) is 6.89. The van der Waals surface area contributed by atoms with Gasteiger partial charge in [0.05, 0.1) is 6.61 Å². The van der Waals surface area contributed by atoms with Crippen molar-refractivity contribution in [2.45, 2.75) is 6.92 Å². The molecule has 0 amide bonds. The second kappa shape index (κ2) is 7.09. The number of halogens is 2. The van der Waals surface area contributed by atoms with Crippen LogP contribution in [-0.2, 0) is 0 Å². The van der Waals surface area contributed by atoms with Gasteiger partial charge in [0.15, 0.2) is 0 Å². The topological polar surface area (TPSA) is 20.2 Å². The first kappa shape index (κ1) is 13.7. The van der Waals surface area contributed by atoms with Crippen LogP contribution in [0.25, 0.3) is 4.48 Å². The number of hydrogen-bond donors (Lipinski definition) is 1. The van der Waals surface area contributed by atoms with E-state index in [0.717, 1.165) is 21.6 Å². The summed E-state index contributed by atoms with van der Waals surface area (Å²) in [6.07, 6.45) is 0. The average Bonchev–Trinajstić information content (AvgIpc) is 2.29. The van der Waals surface area contributed by atoms with E-state index < -0.39 is 0 Å². The summed E-state index contributed by atoms with van der Waals surface area (Å²) in [7, 11) is 0. The van der Waals surface area contributed by atoms with Crippen molar-refractivity contribution in [2.75, 3.05) is 18.1 Å². The molecular formula is C12H14BrFOS. The molecule has 0 aromatic heterocycles. The van der Waals surface area contributed by atoms with Crippen LogP contribution in [0, 0.1) is 5.82 Å². The van der Waals surface area contributed by atoms with E-state index in [1.54, 1.807) is 23.9 Å². The second-order valence-corrected chi connectivity index (χ2v) is 5.28. The molecule has 0 saturated carbocycles. The normalized spacial score (nSPS) is 12.5. The number of benzene rings is 1. The quantitative estimate of drug-likeness (QED) is 0.838. The summed E-state index contributed by atoms with van der Waals surface area (Å²) in [5.74, 6) is 1.37. The molecule has 1 aromatic carbocycles. The molecule has 1 N–H and O–H groups in total. The zero-order valence-corrected chi connectivity index (χ0v) is 11.4. The molecule has 0 radical (unpaired) electrons. The van der Waals surface area contributed by atoms with Crippen LogP contribution in [0.2, 0.25) is 0 Å². The highest BCUT2D eigenvalue weighted by molar-refractivity contribution is 9.15. The molecule has 0 fully saturated rings. The minimum atomic E-state index is -0.226. The third-order valence-electron chi connectivity index (χ3n) is 2.03. The molecule has 1 aromatic rings. The molecule has 0 bridgehead atoms. The highest BCUT2D eigenvalue weighted by Crippen LogP contribution is 2.27. The van der Waals surface area contributed by atoms with Crippen molar-refractivity contribution in [3.63, 3.8) is 0 Å². The zero-order chi connectivity index (χ0) is 12.0. The predicted molar refractivity (Wildman–Crippen MR) is 72.3 cm³/mol. The smallest absolute Gasteiger partial charge is 0.123 e. The third-order valence-corrected chi connectivity index (χ3v) is 4.27. The van der Waals surface area contributed by atoms with Crippen molar-refractivity contribution in [2.24, 2.45) is 0 Å². The van der Waals surface area contributed by atoms with Gasteiger partial charge in [0.2, 0.25) is 0 Å². The van der Waals surface area contributed by atoms with Gasteiger partial charge in [-0.15, -0.1) is 0 Å². The van der Waals surface area contributed by atoms with Crippen LogP contribution in [0.3, 0.4) is 0 Å². The molecule has 0 saturated heterocycles. The SMILES string of the molecule is C/C(CSCCO)=C(\Br)c1ccc(F)cc1. The lowest BCUT2D eigenvalue weighted by atomic mass is 10.1. The summed E-state index contributed by atoms with van der Waals surface area (Å²) in [5.41, 5.74) is 2.16. The minimum absolute atomic E-state index is 0.201. The van der Waals surface area contributed by atoms with Crippen LogP contribution < -0.4 is 0 Å². The number of thioether (sulfide) groups is 1. The second-order valence-electron chi connectivity index (χ2n) is 3.38. The standard InChI is InChI=1S/C12H14BrFOS/c1-9(8-16-7-6-15)12(13)10-2-4-11(14)5-3-10/h2-5,15H,6-8H2,1H3/b12-9+. The van der Waals surface area contributed by atoms with E-state index in [0.29, 0.717) is 0 Å². The van der Waals surface area contributed by atoms with Gasteiger partial charge in [-0.25, -0.2) is 4.39 Å². The van der Waals surface area contributed by atoms with Gasteiger partial charge in [0, 0.05) is 16.0 Å². The summed E-state index contributed by atoms with van der Waals surface area (Å²) in [6.45, 7) is 2.23. The summed E-state index contributed by atoms with van der Waals surface area (Å²) >= 11 is 5.18. The lowest BCUT2D eigenvalue weighted by molar-refractivity contribution is 0.322. The van der Waals surface area contributed by atoms with Crippen LogP contribution in [0.5, 0.6) is 0 Å². The molecule has 0 aliphatic carbocycles. The van der Waals surface area contributed by atoms with Gasteiger partial charge in [0.25, 0.3) is 0 Å². The lowest BCUT2D eigenvalue weighted by Gasteiger charge is -2.06. The molecule has 1 rings (SSSR count). The van der Waals surface area contributed by atoms with Gasteiger partial charge in [-0.05, 0) is 30.2 Å². The van der Waals surface area contributed by atoms with E-state index in [2.05, 4.69) is 15.9 Å². The van der Waals surface area contributed by atoms with E-state index in [-0.39, 0.29) is 12.4 Å². The van der Waals surface area contributed by atoms with Crippen LogP contribution in [-0.4, -0.2) is 23.2 Å².